The summed E-state index contributed by atoms with van der Waals surface area (Å²) in [5, 5.41) is 14.6. The van der Waals surface area contributed by atoms with E-state index in [4.69, 9.17) is 9.52 Å². The zero-order valence-electron chi connectivity index (χ0n) is 9.23. The predicted octanol–water partition coefficient (Wildman–Crippen LogP) is 0.346. The average Bonchev–Trinajstić information content (AvgIpc) is 2.76. The van der Waals surface area contributed by atoms with Crippen LogP contribution in [0.25, 0.3) is 0 Å². The molecule has 6 heteroatoms. The van der Waals surface area contributed by atoms with E-state index in [1.54, 1.807) is 0 Å². The molecule has 1 aromatic rings. The highest BCUT2D eigenvalue weighted by molar-refractivity contribution is 5.88. The molecule has 2 rings (SSSR count). The molecule has 1 aliphatic heterocycles. The molecule has 0 aromatic carbocycles. The summed E-state index contributed by atoms with van der Waals surface area (Å²) in [4.78, 5) is 22.3. The maximum Gasteiger partial charge on any atom is 0.339 e. The first-order valence-corrected chi connectivity index (χ1v) is 5.49. The van der Waals surface area contributed by atoms with Crippen molar-refractivity contribution in [3.63, 3.8) is 0 Å². The van der Waals surface area contributed by atoms with Crippen LogP contribution in [0.2, 0.25) is 0 Å². The van der Waals surface area contributed by atoms with Gasteiger partial charge < -0.3 is 14.8 Å². The van der Waals surface area contributed by atoms with Gasteiger partial charge in [0.15, 0.2) is 0 Å². The molecule has 0 radical (unpaired) electrons. The van der Waals surface area contributed by atoms with Gasteiger partial charge in [-0.05, 0) is 18.9 Å². The average molecular weight is 238 g/mol. The SMILES string of the molecule is O=C(O)c1ccoc1CNC1CCCNC1=O. The van der Waals surface area contributed by atoms with E-state index in [0.717, 1.165) is 12.8 Å². The van der Waals surface area contributed by atoms with Crippen molar-refractivity contribution >= 4 is 11.9 Å². The summed E-state index contributed by atoms with van der Waals surface area (Å²) < 4.78 is 5.08. The number of carbonyl (C=O) groups is 2. The third-order valence-electron chi connectivity index (χ3n) is 2.77. The van der Waals surface area contributed by atoms with Gasteiger partial charge in [-0.2, -0.15) is 0 Å². The van der Waals surface area contributed by atoms with Gasteiger partial charge in [0.2, 0.25) is 5.91 Å². The summed E-state index contributed by atoms with van der Waals surface area (Å²) >= 11 is 0. The number of carbonyl (C=O) groups excluding carboxylic acids is 1. The number of piperidine rings is 1. The van der Waals surface area contributed by atoms with Crippen LogP contribution in [0.3, 0.4) is 0 Å². The van der Waals surface area contributed by atoms with Gasteiger partial charge in [-0.1, -0.05) is 0 Å². The molecule has 1 saturated heterocycles. The third kappa shape index (κ3) is 2.65. The molecular weight excluding hydrogens is 224 g/mol. The minimum Gasteiger partial charge on any atom is -0.478 e. The van der Waals surface area contributed by atoms with Gasteiger partial charge in [0, 0.05) is 6.54 Å². The second-order valence-electron chi connectivity index (χ2n) is 3.93. The van der Waals surface area contributed by atoms with Crippen molar-refractivity contribution < 1.29 is 19.1 Å². The Labute approximate surface area is 98.0 Å². The molecule has 1 atom stereocenters. The molecule has 0 spiro atoms. The van der Waals surface area contributed by atoms with Crippen molar-refractivity contribution in [3.05, 3.63) is 23.7 Å². The summed E-state index contributed by atoms with van der Waals surface area (Å²) in [6, 6.07) is 1.14. The van der Waals surface area contributed by atoms with Gasteiger partial charge in [-0.25, -0.2) is 4.79 Å². The lowest BCUT2D eigenvalue weighted by atomic mass is 10.1. The van der Waals surface area contributed by atoms with Crippen molar-refractivity contribution in [2.45, 2.75) is 25.4 Å². The second kappa shape index (κ2) is 5.01. The fourth-order valence-corrected chi connectivity index (χ4v) is 1.85. The number of hydrogen-bond acceptors (Lipinski definition) is 4. The number of aromatic carboxylic acids is 1. The van der Waals surface area contributed by atoms with E-state index >= 15 is 0 Å². The van der Waals surface area contributed by atoms with Crippen LogP contribution in [0.15, 0.2) is 16.7 Å². The molecule has 17 heavy (non-hydrogen) atoms. The van der Waals surface area contributed by atoms with Crippen LogP contribution in [0, 0.1) is 0 Å². The highest BCUT2D eigenvalue weighted by Gasteiger charge is 2.22. The van der Waals surface area contributed by atoms with Gasteiger partial charge in [0.25, 0.3) is 0 Å². The molecule has 3 N–H and O–H groups in total. The van der Waals surface area contributed by atoms with Crippen LogP contribution < -0.4 is 10.6 Å². The zero-order valence-corrected chi connectivity index (χ0v) is 9.23. The fraction of sp³-hybridized carbons (Fsp3) is 0.455. The predicted molar refractivity (Wildman–Crippen MR) is 58.5 cm³/mol. The lowest BCUT2D eigenvalue weighted by molar-refractivity contribution is -0.124. The molecule has 6 nitrogen and oxygen atoms in total. The summed E-state index contributed by atoms with van der Waals surface area (Å²) in [6.45, 7) is 0.949. The standard InChI is InChI=1S/C11H14N2O4/c14-10-8(2-1-4-12-10)13-6-9-7(11(15)16)3-5-17-9/h3,5,8,13H,1-2,4,6H2,(H,12,14)(H,15,16). The summed E-state index contributed by atoms with van der Waals surface area (Å²) in [5.74, 6) is -0.723. The minimum atomic E-state index is -1.02. The lowest BCUT2D eigenvalue weighted by Crippen LogP contribution is -2.47. The Balaban J connectivity index is 1.95. The van der Waals surface area contributed by atoms with E-state index in [2.05, 4.69) is 10.6 Å². The van der Waals surface area contributed by atoms with E-state index in [1.165, 1.54) is 12.3 Å². The van der Waals surface area contributed by atoms with Crippen molar-refractivity contribution in [2.24, 2.45) is 0 Å². The Morgan fingerprint density at radius 2 is 2.47 bits per heavy atom. The number of amides is 1. The second-order valence-corrected chi connectivity index (χ2v) is 3.93. The molecule has 0 bridgehead atoms. The zero-order chi connectivity index (χ0) is 12.3. The van der Waals surface area contributed by atoms with Gasteiger partial charge in [0.1, 0.15) is 11.3 Å². The number of hydrogen-bond donors (Lipinski definition) is 3. The lowest BCUT2D eigenvalue weighted by Gasteiger charge is -2.22. The Morgan fingerprint density at radius 1 is 1.65 bits per heavy atom. The van der Waals surface area contributed by atoms with Crippen molar-refractivity contribution in [1.82, 2.24) is 10.6 Å². The van der Waals surface area contributed by atoms with E-state index in [9.17, 15) is 9.59 Å². The number of carboxylic acid groups (broad SMARTS) is 1. The first-order valence-electron chi connectivity index (χ1n) is 5.49. The van der Waals surface area contributed by atoms with Crippen molar-refractivity contribution in [2.75, 3.05) is 6.54 Å². The fourth-order valence-electron chi connectivity index (χ4n) is 1.85. The third-order valence-corrected chi connectivity index (χ3v) is 2.77. The summed E-state index contributed by atoms with van der Waals surface area (Å²) in [7, 11) is 0. The molecule has 0 aliphatic carbocycles. The number of nitrogens with one attached hydrogen (secondary N) is 2. The highest BCUT2D eigenvalue weighted by Crippen LogP contribution is 2.11. The Hall–Kier alpha value is -1.82. The van der Waals surface area contributed by atoms with Crippen molar-refractivity contribution in [1.29, 1.82) is 0 Å². The first-order chi connectivity index (χ1) is 8.18. The van der Waals surface area contributed by atoms with Crippen LogP contribution in [0.5, 0.6) is 0 Å². The maximum absolute atomic E-state index is 11.5. The van der Waals surface area contributed by atoms with E-state index in [0.29, 0.717) is 12.3 Å². The highest BCUT2D eigenvalue weighted by atomic mass is 16.4. The number of carboxylic acids is 1. The Bertz CT molecular complexity index is 427. The van der Waals surface area contributed by atoms with Crippen LogP contribution >= 0.6 is 0 Å². The topological polar surface area (TPSA) is 91.6 Å². The van der Waals surface area contributed by atoms with Gasteiger partial charge >= 0.3 is 5.97 Å². The van der Waals surface area contributed by atoms with E-state index in [1.807, 2.05) is 0 Å². The van der Waals surface area contributed by atoms with Gasteiger partial charge in [-0.3, -0.25) is 10.1 Å². The van der Waals surface area contributed by atoms with Crippen LogP contribution in [-0.4, -0.2) is 29.6 Å². The maximum atomic E-state index is 11.5. The molecule has 2 heterocycles. The van der Waals surface area contributed by atoms with E-state index in [-0.39, 0.29) is 24.1 Å². The molecule has 0 saturated carbocycles. The molecule has 1 amide bonds. The largest absolute Gasteiger partial charge is 0.478 e. The summed E-state index contributed by atoms with van der Waals surface area (Å²) in [6.07, 6.45) is 3.02. The number of furan rings is 1. The molecule has 1 fully saturated rings. The smallest absolute Gasteiger partial charge is 0.339 e. The van der Waals surface area contributed by atoms with Gasteiger partial charge in [-0.15, -0.1) is 0 Å². The Kier molecular flexibility index (Phi) is 3.43. The molecular formula is C11H14N2O4. The van der Waals surface area contributed by atoms with Crippen LogP contribution in [0.4, 0.5) is 0 Å². The molecule has 1 aliphatic rings. The number of rotatable bonds is 4. The molecule has 1 aromatic heterocycles. The molecule has 92 valence electrons. The van der Waals surface area contributed by atoms with Gasteiger partial charge in [0.05, 0.1) is 18.8 Å². The first kappa shape index (κ1) is 11.7. The summed E-state index contributed by atoms with van der Waals surface area (Å²) in [5.41, 5.74) is 0.133. The normalized spacial score (nSPS) is 20.0. The minimum absolute atomic E-state index is 0.0420. The Morgan fingerprint density at radius 3 is 3.18 bits per heavy atom. The monoisotopic (exact) mass is 238 g/mol. The van der Waals surface area contributed by atoms with E-state index < -0.39 is 5.97 Å². The van der Waals surface area contributed by atoms with Crippen molar-refractivity contribution in [3.8, 4) is 0 Å². The molecule has 1 unspecified atom stereocenters. The quantitative estimate of drug-likeness (QED) is 0.703. The van der Waals surface area contributed by atoms with Crippen LogP contribution in [-0.2, 0) is 11.3 Å². The van der Waals surface area contributed by atoms with Crippen LogP contribution in [0.1, 0.15) is 29.0 Å².